The van der Waals surface area contributed by atoms with E-state index in [9.17, 15) is 0 Å². The first kappa shape index (κ1) is 17.5. The number of fused-ring (bicyclic) bond motifs is 1. The van der Waals surface area contributed by atoms with Crippen LogP contribution in [0.2, 0.25) is 0 Å². The number of aliphatic hydroxyl groups excluding tert-OH is 1. The third-order valence-electron chi connectivity index (χ3n) is 4.33. The van der Waals surface area contributed by atoms with Gasteiger partial charge in [-0.1, -0.05) is 24.3 Å². The molecule has 0 aliphatic rings. The lowest BCUT2D eigenvalue weighted by molar-refractivity contribution is 0.286. The number of rotatable bonds is 9. The minimum Gasteiger partial charge on any atom is -0.494 e. The van der Waals surface area contributed by atoms with E-state index < -0.39 is 0 Å². The highest BCUT2D eigenvalue weighted by Gasteiger charge is 2.09. The Bertz CT molecular complexity index is 811. The maximum absolute atomic E-state index is 9.11. The van der Waals surface area contributed by atoms with Crippen LogP contribution in [0.4, 0.5) is 0 Å². The second-order valence-corrected chi connectivity index (χ2v) is 6.37. The highest BCUT2D eigenvalue weighted by atomic mass is 16.5. The van der Waals surface area contributed by atoms with Crippen molar-refractivity contribution in [1.29, 1.82) is 0 Å². The first-order valence-electron chi connectivity index (χ1n) is 9.02. The van der Waals surface area contributed by atoms with E-state index in [0.717, 1.165) is 55.9 Å². The monoisotopic (exact) mass is 338 g/mol. The molecule has 0 spiro atoms. The Morgan fingerprint density at radius 1 is 1.04 bits per heavy atom. The zero-order chi connectivity index (χ0) is 17.5. The van der Waals surface area contributed by atoms with Crippen molar-refractivity contribution in [3.8, 4) is 5.75 Å². The number of nitrogens with zero attached hydrogens (tertiary/aromatic N) is 2. The number of benzene rings is 2. The fraction of sp³-hybridized carbons (Fsp3) is 0.381. The molecule has 0 fully saturated rings. The van der Waals surface area contributed by atoms with Gasteiger partial charge in [-0.15, -0.1) is 0 Å². The largest absolute Gasteiger partial charge is 0.494 e. The van der Waals surface area contributed by atoms with Gasteiger partial charge in [0.1, 0.15) is 11.6 Å². The van der Waals surface area contributed by atoms with Gasteiger partial charge in [-0.2, -0.15) is 0 Å². The van der Waals surface area contributed by atoms with Gasteiger partial charge in [-0.05, 0) is 56.0 Å². The number of para-hydroxylation sites is 2. The van der Waals surface area contributed by atoms with Crippen molar-refractivity contribution in [3.05, 3.63) is 59.9 Å². The van der Waals surface area contributed by atoms with Crippen molar-refractivity contribution in [1.82, 2.24) is 9.55 Å². The van der Waals surface area contributed by atoms with E-state index in [2.05, 4.69) is 41.8 Å². The van der Waals surface area contributed by atoms with Crippen LogP contribution < -0.4 is 4.74 Å². The number of aryl methyl sites for hydroxylation is 3. The number of aromatic nitrogens is 2. The second-order valence-electron chi connectivity index (χ2n) is 6.37. The zero-order valence-corrected chi connectivity index (χ0v) is 14.8. The summed E-state index contributed by atoms with van der Waals surface area (Å²) in [5, 5.41) is 9.11. The lowest BCUT2D eigenvalue weighted by Crippen LogP contribution is -2.07. The Labute approximate surface area is 149 Å². The number of imidazole rings is 1. The van der Waals surface area contributed by atoms with Crippen LogP contribution >= 0.6 is 0 Å². The van der Waals surface area contributed by atoms with Crippen molar-refractivity contribution >= 4 is 11.0 Å². The average Bonchev–Trinajstić information content (AvgIpc) is 2.97. The summed E-state index contributed by atoms with van der Waals surface area (Å²) in [6.45, 7) is 3.93. The molecule has 0 radical (unpaired) electrons. The van der Waals surface area contributed by atoms with Crippen LogP contribution in [0.15, 0.2) is 48.5 Å². The van der Waals surface area contributed by atoms with Crippen LogP contribution in [-0.4, -0.2) is 27.9 Å². The minimum atomic E-state index is 0.202. The molecule has 3 aromatic rings. The fourth-order valence-corrected chi connectivity index (χ4v) is 3.07. The van der Waals surface area contributed by atoms with E-state index in [1.54, 1.807) is 0 Å². The first-order valence-corrected chi connectivity index (χ1v) is 9.02. The second kappa shape index (κ2) is 8.67. The van der Waals surface area contributed by atoms with Crippen LogP contribution in [-0.2, 0) is 13.0 Å². The molecule has 1 N–H and O–H groups in total. The van der Waals surface area contributed by atoms with Gasteiger partial charge in [0, 0.05) is 19.6 Å². The normalized spacial score (nSPS) is 11.1. The van der Waals surface area contributed by atoms with Gasteiger partial charge in [0.05, 0.1) is 17.6 Å². The molecule has 0 saturated heterocycles. The van der Waals surface area contributed by atoms with Gasteiger partial charge in [-0.25, -0.2) is 4.98 Å². The van der Waals surface area contributed by atoms with Gasteiger partial charge in [0.15, 0.2) is 0 Å². The third-order valence-corrected chi connectivity index (χ3v) is 4.33. The van der Waals surface area contributed by atoms with Gasteiger partial charge >= 0.3 is 0 Å². The van der Waals surface area contributed by atoms with Crippen LogP contribution in [0, 0.1) is 6.92 Å². The van der Waals surface area contributed by atoms with Crippen molar-refractivity contribution < 1.29 is 9.84 Å². The quantitative estimate of drug-likeness (QED) is 0.597. The molecule has 1 aromatic heterocycles. The Balaban J connectivity index is 1.56. The van der Waals surface area contributed by atoms with Crippen molar-refractivity contribution in [3.63, 3.8) is 0 Å². The Kier molecular flexibility index (Phi) is 6.07. The molecule has 0 aliphatic heterocycles. The Morgan fingerprint density at radius 3 is 2.76 bits per heavy atom. The SMILES string of the molecule is Cc1cccc(OCCCCn2c(CCCO)nc3ccccc32)c1. The first-order chi connectivity index (χ1) is 12.3. The van der Waals surface area contributed by atoms with Crippen molar-refractivity contribution in [2.75, 3.05) is 13.2 Å². The van der Waals surface area contributed by atoms with Crippen LogP contribution in [0.25, 0.3) is 11.0 Å². The third kappa shape index (κ3) is 4.60. The van der Waals surface area contributed by atoms with Crippen LogP contribution in [0.5, 0.6) is 5.75 Å². The van der Waals surface area contributed by atoms with E-state index >= 15 is 0 Å². The Hall–Kier alpha value is -2.33. The lowest BCUT2D eigenvalue weighted by Gasteiger charge is -2.10. The number of aliphatic hydroxyl groups is 1. The summed E-state index contributed by atoms with van der Waals surface area (Å²) in [4.78, 5) is 4.73. The van der Waals surface area contributed by atoms with Gasteiger partial charge < -0.3 is 14.4 Å². The molecule has 25 heavy (non-hydrogen) atoms. The maximum atomic E-state index is 9.11. The van der Waals surface area contributed by atoms with Crippen LogP contribution in [0.3, 0.4) is 0 Å². The van der Waals surface area contributed by atoms with E-state index in [1.807, 2.05) is 18.2 Å². The summed E-state index contributed by atoms with van der Waals surface area (Å²) >= 11 is 0. The average molecular weight is 338 g/mol. The molecule has 0 aliphatic carbocycles. The molecule has 0 unspecified atom stereocenters. The summed E-state index contributed by atoms with van der Waals surface area (Å²) < 4.78 is 8.12. The summed E-state index contributed by atoms with van der Waals surface area (Å²) in [6.07, 6.45) is 3.60. The molecule has 0 saturated carbocycles. The fourth-order valence-electron chi connectivity index (χ4n) is 3.07. The standard InChI is InChI=1S/C21H26N2O2/c1-17-8-6-9-18(16-17)25-15-5-4-13-23-20-11-3-2-10-19(20)22-21(23)12-7-14-24/h2-3,6,8-11,16,24H,4-5,7,12-15H2,1H3. The summed E-state index contributed by atoms with van der Waals surface area (Å²) in [5.74, 6) is 2.01. The molecule has 0 amide bonds. The van der Waals surface area contributed by atoms with Crippen molar-refractivity contribution in [2.24, 2.45) is 0 Å². The predicted octanol–water partition coefficient (Wildman–Crippen LogP) is 4.13. The molecule has 132 valence electrons. The predicted molar refractivity (Wildman–Crippen MR) is 101 cm³/mol. The molecule has 4 nitrogen and oxygen atoms in total. The lowest BCUT2D eigenvalue weighted by atomic mass is 10.2. The molecular weight excluding hydrogens is 312 g/mol. The molecule has 0 atom stereocenters. The maximum Gasteiger partial charge on any atom is 0.119 e. The molecular formula is C21H26N2O2. The number of hydrogen-bond donors (Lipinski definition) is 1. The molecule has 3 rings (SSSR count). The van der Waals surface area contributed by atoms with Gasteiger partial charge in [0.25, 0.3) is 0 Å². The Morgan fingerprint density at radius 2 is 1.92 bits per heavy atom. The number of unbranched alkanes of at least 4 members (excludes halogenated alkanes) is 1. The summed E-state index contributed by atoms with van der Waals surface area (Å²) in [7, 11) is 0. The van der Waals surface area contributed by atoms with Gasteiger partial charge in [0.2, 0.25) is 0 Å². The number of hydrogen-bond acceptors (Lipinski definition) is 3. The van der Waals surface area contributed by atoms with E-state index in [1.165, 1.54) is 11.1 Å². The smallest absolute Gasteiger partial charge is 0.119 e. The molecule has 4 heteroatoms. The molecule has 2 aromatic carbocycles. The topological polar surface area (TPSA) is 47.3 Å². The van der Waals surface area contributed by atoms with Crippen molar-refractivity contribution in [2.45, 2.75) is 39.2 Å². The van der Waals surface area contributed by atoms with Crippen LogP contribution in [0.1, 0.15) is 30.7 Å². The highest BCUT2D eigenvalue weighted by Crippen LogP contribution is 2.18. The van der Waals surface area contributed by atoms with E-state index in [-0.39, 0.29) is 6.61 Å². The highest BCUT2D eigenvalue weighted by molar-refractivity contribution is 5.75. The number of ether oxygens (including phenoxy) is 1. The van der Waals surface area contributed by atoms with Gasteiger partial charge in [-0.3, -0.25) is 0 Å². The molecule has 0 bridgehead atoms. The minimum absolute atomic E-state index is 0.202. The summed E-state index contributed by atoms with van der Waals surface area (Å²) in [5.41, 5.74) is 3.43. The molecule has 1 heterocycles. The summed E-state index contributed by atoms with van der Waals surface area (Å²) in [6, 6.07) is 16.4. The zero-order valence-electron chi connectivity index (χ0n) is 14.8. The van der Waals surface area contributed by atoms with E-state index in [0.29, 0.717) is 0 Å². The van der Waals surface area contributed by atoms with E-state index in [4.69, 9.17) is 14.8 Å².